The Morgan fingerprint density at radius 1 is 1.08 bits per heavy atom. The van der Waals surface area contributed by atoms with Crippen LogP contribution in [0.3, 0.4) is 0 Å². The van der Waals surface area contributed by atoms with Gasteiger partial charge in [-0.15, -0.1) is 11.3 Å². The summed E-state index contributed by atoms with van der Waals surface area (Å²) in [4.78, 5) is 45.7. The molecule has 0 aliphatic carbocycles. The number of nitrogens with zero attached hydrogens (tertiary/aromatic N) is 2. The first kappa shape index (κ1) is 25.5. The molecule has 0 radical (unpaired) electrons. The number of fused-ring (bicyclic) bond motifs is 1. The van der Waals surface area contributed by atoms with E-state index < -0.39 is 11.9 Å². The van der Waals surface area contributed by atoms with Crippen LogP contribution in [-0.4, -0.2) is 48.4 Å². The molecule has 0 aliphatic heterocycles. The normalized spacial score (nSPS) is 10.8. The monoisotopic (exact) mass is 565 g/mol. The van der Waals surface area contributed by atoms with Crippen LogP contribution in [0.25, 0.3) is 22.2 Å². The molecular weight excluding hydrogens is 542 g/mol. The minimum atomic E-state index is -0.588. The zero-order valence-electron chi connectivity index (χ0n) is 20.2. The number of pyridine rings is 1. The van der Waals surface area contributed by atoms with E-state index in [4.69, 9.17) is 9.72 Å². The number of carbonyl (C=O) groups is 3. The Morgan fingerprint density at radius 3 is 2.44 bits per heavy atom. The third-order valence-corrected chi connectivity index (χ3v) is 7.28. The molecule has 9 heteroatoms. The zero-order valence-corrected chi connectivity index (χ0v) is 22.6. The zero-order chi connectivity index (χ0) is 26.0. The van der Waals surface area contributed by atoms with Crippen LogP contribution >= 0.6 is 27.3 Å². The van der Waals surface area contributed by atoms with E-state index in [0.717, 1.165) is 21.4 Å². The Balaban J connectivity index is 1.81. The maximum absolute atomic E-state index is 13.6. The summed E-state index contributed by atoms with van der Waals surface area (Å²) in [5.41, 5.74) is 3.23. The van der Waals surface area contributed by atoms with Gasteiger partial charge in [0.2, 0.25) is 0 Å². The number of aromatic nitrogens is 1. The topological polar surface area (TPSA) is 88.6 Å². The number of para-hydroxylation sites is 1. The molecule has 0 saturated carbocycles. The molecule has 1 N–H and O–H groups in total. The molecular formula is C27H24BrN3O4S. The number of halogens is 1. The predicted octanol–water partition coefficient (Wildman–Crippen LogP) is 6.17. The number of rotatable bonds is 6. The summed E-state index contributed by atoms with van der Waals surface area (Å²) in [6, 6.07) is 16.8. The summed E-state index contributed by atoms with van der Waals surface area (Å²) in [5.74, 6) is -1.26. The van der Waals surface area contributed by atoms with Crippen molar-refractivity contribution in [2.45, 2.75) is 13.8 Å². The fraction of sp³-hybridized carbons (Fsp3) is 0.185. The number of carbonyl (C=O) groups excluding carboxylic acids is 3. The molecule has 4 rings (SSSR count). The minimum absolute atomic E-state index is 0.171. The SMILES string of the molecule is CCOC(=O)c1c(NC(=O)c2cc(-c3ccc(Br)cc3)nc3ccccc23)sc(C(=O)N(C)C)c1C. The van der Waals surface area contributed by atoms with Crippen LogP contribution in [0.1, 0.15) is 42.9 Å². The number of ether oxygens (including phenoxy) is 1. The number of anilines is 1. The smallest absolute Gasteiger partial charge is 0.341 e. The molecule has 184 valence electrons. The Hall–Kier alpha value is -3.56. The quantitative estimate of drug-likeness (QED) is 0.282. The van der Waals surface area contributed by atoms with E-state index in [0.29, 0.717) is 32.6 Å². The standard InChI is InChI=1S/C27H24BrN3O4S/c1-5-35-27(34)22-15(2)23(26(33)31(3)4)36-25(22)30-24(32)19-14-21(16-10-12-17(28)13-11-16)29-20-9-7-6-8-18(19)20/h6-14H,5H2,1-4H3,(H,30,32). The predicted molar refractivity (Wildman–Crippen MR) is 146 cm³/mol. The lowest BCUT2D eigenvalue weighted by Gasteiger charge is -2.11. The van der Waals surface area contributed by atoms with Gasteiger partial charge in [0.1, 0.15) is 5.00 Å². The Labute approximate surface area is 221 Å². The molecule has 0 unspecified atom stereocenters. The van der Waals surface area contributed by atoms with Gasteiger partial charge in [-0.05, 0) is 43.7 Å². The lowest BCUT2D eigenvalue weighted by Crippen LogP contribution is -2.21. The van der Waals surface area contributed by atoms with Gasteiger partial charge in [0.25, 0.3) is 11.8 Å². The third-order valence-electron chi connectivity index (χ3n) is 5.55. The average molecular weight is 566 g/mol. The molecule has 0 bridgehead atoms. The van der Waals surface area contributed by atoms with E-state index in [-0.39, 0.29) is 23.1 Å². The van der Waals surface area contributed by atoms with Crippen molar-refractivity contribution in [3.63, 3.8) is 0 Å². The second kappa shape index (κ2) is 10.6. The first-order valence-corrected chi connectivity index (χ1v) is 12.8. The van der Waals surface area contributed by atoms with Crippen molar-refractivity contribution < 1.29 is 19.1 Å². The largest absolute Gasteiger partial charge is 0.462 e. The highest BCUT2D eigenvalue weighted by Gasteiger charge is 2.28. The van der Waals surface area contributed by atoms with Crippen molar-refractivity contribution in [2.24, 2.45) is 0 Å². The molecule has 0 spiro atoms. The van der Waals surface area contributed by atoms with Crippen molar-refractivity contribution in [2.75, 3.05) is 26.0 Å². The number of nitrogens with one attached hydrogen (secondary N) is 1. The van der Waals surface area contributed by atoms with Crippen LogP contribution in [0.2, 0.25) is 0 Å². The lowest BCUT2D eigenvalue weighted by molar-refractivity contribution is 0.0527. The fourth-order valence-electron chi connectivity index (χ4n) is 3.76. The maximum Gasteiger partial charge on any atom is 0.341 e. The van der Waals surface area contributed by atoms with Crippen LogP contribution in [0.15, 0.2) is 59.1 Å². The second-order valence-corrected chi connectivity index (χ2v) is 10.1. The van der Waals surface area contributed by atoms with Crippen LogP contribution in [0.4, 0.5) is 5.00 Å². The number of amides is 2. The number of esters is 1. The van der Waals surface area contributed by atoms with E-state index in [9.17, 15) is 14.4 Å². The molecule has 7 nitrogen and oxygen atoms in total. The molecule has 4 aromatic rings. The van der Waals surface area contributed by atoms with Crippen LogP contribution in [-0.2, 0) is 4.74 Å². The summed E-state index contributed by atoms with van der Waals surface area (Å²) in [6.07, 6.45) is 0. The number of thiophene rings is 1. The van der Waals surface area contributed by atoms with Gasteiger partial charge in [-0.2, -0.15) is 0 Å². The van der Waals surface area contributed by atoms with Gasteiger partial charge in [-0.25, -0.2) is 9.78 Å². The first-order valence-electron chi connectivity index (χ1n) is 11.2. The molecule has 0 aliphatic rings. The molecule has 2 aromatic heterocycles. The molecule has 0 atom stereocenters. The van der Waals surface area contributed by atoms with Crippen LogP contribution in [0.5, 0.6) is 0 Å². The van der Waals surface area contributed by atoms with Gasteiger partial charge in [0.15, 0.2) is 0 Å². The number of benzene rings is 2. The van der Waals surface area contributed by atoms with E-state index in [1.165, 1.54) is 4.90 Å². The molecule has 2 aromatic carbocycles. The Morgan fingerprint density at radius 2 is 1.78 bits per heavy atom. The maximum atomic E-state index is 13.6. The highest BCUT2D eigenvalue weighted by molar-refractivity contribution is 9.10. The molecule has 36 heavy (non-hydrogen) atoms. The third kappa shape index (κ3) is 5.03. The Kier molecular flexibility index (Phi) is 7.51. The van der Waals surface area contributed by atoms with Crippen LogP contribution < -0.4 is 5.32 Å². The van der Waals surface area contributed by atoms with Crippen molar-refractivity contribution in [3.05, 3.63) is 80.6 Å². The van der Waals surface area contributed by atoms with Crippen molar-refractivity contribution in [1.82, 2.24) is 9.88 Å². The summed E-state index contributed by atoms with van der Waals surface area (Å²) in [5, 5.41) is 3.82. The number of hydrogen-bond donors (Lipinski definition) is 1. The number of hydrogen-bond acceptors (Lipinski definition) is 6. The molecule has 2 heterocycles. The van der Waals surface area contributed by atoms with Crippen molar-refractivity contribution in [1.29, 1.82) is 0 Å². The van der Waals surface area contributed by atoms with E-state index in [2.05, 4.69) is 21.2 Å². The van der Waals surface area contributed by atoms with Crippen LogP contribution in [0, 0.1) is 6.92 Å². The second-order valence-electron chi connectivity index (χ2n) is 8.21. The van der Waals surface area contributed by atoms with Gasteiger partial charge in [0.05, 0.1) is 33.8 Å². The van der Waals surface area contributed by atoms with Crippen molar-refractivity contribution in [3.8, 4) is 11.3 Å². The molecule has 2 amide bonds. The van der Waals surface area contributed by atoms with Gasteiger partial charge in [-0.1, -0.05) is 46.3 Å². The summed E-state index contributed by atoms with van der Waals surface area (Å²) < 4.78 is 6.16. The van der Waals surface area contributed by atoms with Crippen molar-refractivity contribution >= 4 is 61.0 Å². The highest BCUT2D eigenvalue weighted by Crippen LogP contribution is 2.35. The molecule has 0 fully saturated rings. The fourth-order valence-corrected chi connectivity index (χ4v) is 5.24. The summed E-state index contributed by atoms with van der Waals surface area (Å²) in [7, 11) is 3.27. The van der Waals surface area contributed by atoms with E-state index >= 15 is 0 Å². The average Bonchev–Trinajstić information content (AvgIpc) is 3.18. The van der Waals surface area contributed by atoms with Gasteiger partial charge < -0.3 is 15.0 Å². The highest BCUT2D eigenvalue weighted by atomic mass is 79.9. The van der Waals surface area contributed by atoms with Gasteiger partial charge in [0, 0.05) is 29.5 Å². The first-order chi connectivity index (χ1) is 17.2. The summed E-state index contributed by atoms with van der Waals surface area (Å²) >= 11 is 4.50. The minimum Gasteiger partial charge on any atom is -0.462 e. The van der Waals surface area contributed by atoms with E-state index in [1.54, 1.807) is 34.0 Å². The van der Waals surface area contributed by atoms with Gasteiger partial charge >= 0.3 is 5.97 Å². The lowest BCUT2D eigenvalue weighted by atomic mass is 10.0. The summed E-state index contributed by atoms with van der Waals surface area (Å²) in [6.45, 7) is 3.56. The van der Waals surface area contributed by atoms with E-state index in [1.807, 2.05) is 48.5 Å². The van der Waals surface area contributed by atoms with Gasteiger partial charge in [-0.3, -0.25) is 9.59 Å². The molecule has 0 saturated heterocycles. The Bertz CT molecular complexity index is 1480.